The molecular formula is C16H19NO4. The fraction of sp³-hybridized carbons (Fsp3) is 0.375. The average Bonchev–Trinajstić information content (AvgIpc) is 2.46. The summed E-state index contributed by atoms with van der Waals surface area (Å²) in [5.74, 6) is 0.246. The highest BCUT2D eigenvalue weighted by Gasteiger charge is 2.30. The van der Waals surface area contributed by atoms with Gasteiger partial charge >= 0.3 is 5.97 Å². The van der Waals surface area contributed by atoms with Gasteiger partial charge in [0.1, 0.15) is 18.6 Å². The van der Waals surface area contributed by atoms with Crippen LogP contribution in [0, 0.1) is 11.8 Å². The summed E-state index contributed by atoms with van der Waals surface area (Å²) in [5.41, 5.74) is 0.830. The molecule has 1 heterocycles. The van der Waals surface area contributed by atoms with Crippen LogP contribution in [0.3, 0.4) is 0 Å². The van der Waals surface area contributed by atoms with Crippen molar-refractivity contribution in [2.45, 2.75) is 13.8 Å². The van der Waals surface area contributed by atoms with Crippen LogP contribution in [-0.2, 0) is 19.1 Å². The maximum absolute atomic E-state index is 12.1. The highest BCUT2D eigenvalue weighted by molar-refractivity contribution is 5.96. The molecule has 5 heteroatoms. The van der Waals surface area contributed by atoms with Crippen molar-refractivity contribution >= 4 is 11.8 Å². The Hall–Kier alpha value is -2.30. The number of ketones is 1. The Morgan fingerprint density at radius 2 is 2.24 bits per heavy atom. The summed E-state index contributed by atoms with van der Waals surface area (Å²) >= 11 is 0. The zero-order chi connectivity index (χ0) is 15.4. The molecule has 0 aromatic heterocycles. The van der Waals surface area contributed by atoms with Crippen molar-refractivity contribution in [1.82, 2.24) is 4.90 Å². The van der Waals surface area contributed by atoms with Crippen molar-refractivity contribution in [3.8, 4) is 0 Å². The Morgan fingerprint density at radius 3 is 2.90 bits per heavy atom. The maximum Gasteiger partial charge on any atom is 0.325 e. The van der Waals surface area contributed by atoms with Gasteiger partial charge < -0.3 is 14.4 Å². The first-order chi connectivity index (χ1) is 10.0. The van der Waals surface area contributed by atoms with Crippen LogP contribution in [0.4, 0.5) is 0 Å². The summed E-state index contributed by atoms with van der Waals surface area (Å²) in [4.78, 5) is 25.1. The molecule has 0 spiro atoms. The van der Waals surface area contributed by atoms with Gasteiger partial charge in [-0.2, -0.15) is 0 Å². The first-order valence-corrected chi connectivity index (χ1v) is 6.83. The summed E-state index contributed by atoms with van der Waals surface area (Å²) in [6, 6.07) is 0. The maximum atomic E-state index is 12.1. The number of ether oxygens (including phenoxy) is 2. The second-order valence-electron chi connectivity index (χ2n) is 5.25. The van der Waals surface area contributed by atoms with Crippen LogP contribution >= 0.6 is 0 Å². The van der Waals surface area contributed by atoms with Crippen LogP contribution in [0.15, 0.2) is 48.2 Å². The number of carbonyl (C=O) groups is 2. The zero-order valence-corrected chi connectivity index (χ0v) is 12.4. The van der Waals surface area contributed by atoms with Gasteiger partial charge in [-0.3, -0.25) is 9.59 Å². The molecule has 0 aromatic carbocycles. The molecule has 1 unspecified atom stereocenters. The molecule has 112 valence electrons. The summed E-state index contributed by atoms with van der Waals surface area (Å²) in [7, 11) is 1.35. The molecule has 0 fully saturated rings. The fourth-order valence-electron chi connectivity index (χ4n) is 2.39. The Morgan fingerprint density at radius 1 is 1.48 bits per heavy atom. The van der Waals surface area contributed by atoms with Crippen LogP contribution in [0.25, 0.3) is 0 Å². The molecule has 2 aliphatic rings. The van der Waals surface area contributed by atoms with Crippen LogP contribution in [0.5, 0.6) is 0 Å². The molecular weight excluding hydrogens is 270 g/mol. The van der Waals surface area contributed by atoms with Gasteiger partial charge in [0.2, 0.25) is 0 Å². The van der Waals surface area contributed by atoms with E-state index in [4.69, 9.17) is 4.74 Å². The quantitative estimate of drug-likeness (QED) is 0.742. The highest BCUT2D eigenvalue weighted by atomic mass is 16.5. The molecule has 1 aliphatic heterocycles. The van der Waals surface area contributed by atoms with Crippen molar-refractivity contribution in [2.24, 2.45) is 11.8 Å². The van der Waals surface area contributed by atoms with Crippen molar-refractivity contribution < 1.29 is 19.1 Å². The van der Waals surface area contributed by atoms with Gasteiger partial charge in [-0.1, -0.05) is 26.0 Å². The minimum absolute atomic E-state index is 0.0704. The summed E-state index contributed by atoms with van der Waals surface area (Å²) in [6.45, 7) is 4.10. The van der Waals surface area contributed by atoms with Crippen molar-refractivity contribution in [3.63, 3.8) is 0 Å². The molecule has 0 bridgehead atoms. The lowest BCUT2D eigenvalue weighted by atomic mass is 9.81. The SMILES string of the molecule is COC(=O)CN1C=COC(C2=CC=CC(=O)C2C(C)C)=C1. The van der Waals surface area contributed by atoms with Gasteiger partial charge in [0.15, 0.2) is 5.78 Å². The number of hydrogen-bond acceptors (Lipinski definition) is 5. The Labute approximate surface area is 124 Å². The summed E-state index contributed by atoms with van der Waals surface area (Å²) in [5, 5.41) is 0. The minimum Gasteiger partial charge on any atom is -0.468 e. The monoisotopic (exact) mass is 289 g/mol. The molecule has 21 heavy (non-hydrogen) atoms. The van der Waals surface area contributed by atoms with Crippen molar-refractivity contribution in [1.29, 1.82) is 0 Å². The van der Waals surface area contributed by atoms with Crippen LogP contribution < -0.4 is 0 Å². The lowest BCUT2D eigenvalue weighted by molar-refractivity contribution is -0.140. The standard InChI is InChI=1S/C16H19NO4/c1-11(2)16-12(5-4-6-13(16)18)14-9-17(7-8-21-14)10-15(19)20-3/h4-9,11,16H,10H2,1-3H3. The largest absolute Gasteiger partial charge is 0.468 e. The molecule has 0 saturated carbocycles. The second-order valence-corrected chi connectivity index (χ2v) is 5.25. The minimum atomic E-state index is -0.342. The molecule has 2 rings (SSSR count). The smallest absolute Gasteiger partial charge is 0.325 e. The van der Waals surface area contributed by atoms with E-state index in [0.717, 1.165) is 5.57 Å². The van der Waals surface area contributed by atoms with E-state index in [1.54, 1.807) is 29.5 Å². The van der Waals surface area contributed by atoms with Crippen LogP contribution in [0.1, 0.15) is 13.8 Å². The highest BCUT2D eigenvalue weighted by Crippen LogP contribution is 2.32. The van der Waals surface area contributed by atoms with E-state index < -0.39 is 0 Å². The number of methoxy groups -OCH3 is 1. The fourth-order valence-corrected chi connectivity index (χ4v) is 2.39. The van der Waals surface area contributed by atoms with E-state index >= 15 is 0 Å². The van der Waals surface area contributed by atoms with E-state index in [2.05, 4.69) is 4.74 Å². The Bertz CT molecular complexity index is 555. The first-order valence-electron chi connectivity index (χ1n) is 6.83. The molecule has 0 saturated heterocycles. The molecule has 0 radical (unpaired) electrons. The van der Waals surface area contributed by atoms with E-state index in [1.807, 2.05) is 19.9 Å². The molecule has 5 nitrogen and oxygen atoms in total. The lowest BCUT2D eigenvalue weighted by Gasteiger charge is -2.28. The zero-order valence-electron chi connectivity index (χ0n) is 12.4. The van der Waals surface area contributed by atoms with Crippen molar-refractivity contribution in [3.05, 3.63) is 48.2 Å². The lowest BCUT2D eigenvalue weighted by Crippen LogP contribution is -2.27. The van der Waals surface area contributed by atoms with Gasteiger partial charge in [-0.05, 0) is 12.0 Å². The molecule has 1 atom stereocenters. The normalized spacial score (nSPS) is 21.0. The number of hydrogen-bond donors (Lipinski definition) is 0. The Kier molecular flexibility index (Phi) is 4.62. The van der Waals surface area contributed by atoms with E-state index in [1.165, 1.54) is 13.4 Å². The third kappa shape index (κ3) is 3.42. The van der Waals surface area contributed by atoms with Gasteiger partial charge in [-0.15, -0.1) is 0 Å². The summed E-state index contributed by atoms with van der Waals surface area (Å²) < 4.78 is 10.2. The van der Waals surface area contributed by atoms with Gasteiger partial charge in [-0.25, -0.2) is 0 Å². The van der Waals surface area contributed by atoms with Gasteiger partial charge in [0.25, 0.3) is 0 Å². The van der Waals surface area contributed by atoms with E-state index in [0.29, 0.717) is 5.76 Å². The second kappa shape index (κ2) is 6.43. The van der Waals surface area contributed by atoms with E-state index in [-0.39, 0.29) is 30.1 Å². The predicted octanol–water partition coefficient (Wildman–Crippen LogP) is 2.14. The van der Waals surface area contributed by atoms with Gasteiger partial charge in [0, 0.05) is 18.0 Å². The third-order valence-electron chi connectivity index (χ3n) is 3.40. The molecule has 1 aliphatic carbocycles. The van der Waals surface area contributed by atoms with Crippen molar-refractivity contribution in [2.75, 3.05) is 13.7 Å². The van der Waals surface area contributed by atoms with Crippen LogP contribution in [-0.4, -0.2) is 30.3 Å². The predicted molar refractivity (Wildman–Crippen MR) is 77.6 cm³/mol. The Balaban J connectivity index is 2.23. The molecule has 0 aromatic rings. The first kappa shape index (κ1) is 15.1. The van der Waals surface area contributed by atoms with Crippen LogP contribution in [0.2, 0.25) is 0 Å². The topological polar surface area (TPSA) is 55.8 Å². The molecule has 0 N–H and O–H groups in total. The number of esters is 1. The van der Waals surface area contributed by atoms with E-state index in [9.17, 15) is 9.59 Å². The number of rotatable bonds is 4. The number of nitrogens with zero attached hydrogens (tertiary/aromatic N) is 1. The molecule has 0 amide bonds. The van der Waals surface area contributed by atoms with Gasteiger partial charge in [0.05, 0.1) is 13.0 Å². The third-order valence-corrected chi connectivity index (χ3v) is 3.40. The number of allylic oxidation sites excluding steroid dienone is 4. The summed E-state index contributed by atoms with van der Waals surface area (Å²) in [6.07, 6.45) is 10.0. The average molecular weight is 289 g/mol. The number of carbonyl (C=O) groups excluding carboxylic acids is 2.